The second-order valence-corrected chi connectivity index (χ2v) is 5.95. The van der Waals surface area contributed by atoms with Gasteiger partial charge in [0.05, 0.1) is 19.8 Å². The Bertz CT molecular complexity index is 832. The van der Waals surface area contributed by atoms with Crippen molar-refractivity contribution in [3.05, 3.63) is 58.1 Å². The van der Waals surface area contributed by atoms with Crippen LogP contribution in [0.1, 0.15) is 11.1 Å². The summed E-state index contributed by atoms with van der Waals surface area (Å²) in [7, 11) is 3.16. The molecule has 1 N–H and O–H groups in total. The van der Waals surface area contributed by atoms with Gasteiger partial charge in [0.1, 0.15) is 12.4 Å². The van der Waals surface area contributed by atoms with Gasteiger partial charge >= 0.3 is 0 Å². The Morgan fingerprint density at radius 2 is 1.96 bits per heavy atom. The van der Waals surface area contributed by atoms with E-state index in [1.807, 2.05) is 18.2 Å². The summed E-state index contributed by atoms with van der Waals surface area (Å²) in [5.74, 6) is 1.81. The third kappa shape index (κ3) is 3.88. The number of carbonyl (C=O) groups is 1. The molecule has 0 aliphatic carbocycles. The number of hydrogen-bond donors (Lipinski definition) is 1. The van der Waals surface area contributed by atoms with Crippen LogP contribution < -0.4 is 19.5 Å². The van der Waals surface area contributed by atoms with Crippen LogP contribution in [-0.2, 0) is 11.3 Å². The summed E-state index contributed by atoms with van der Waals surface area (Å²) >= 11 is 5.99. The molecule has 130 valence electrons. The minimum atomic E-state index is -0.180. The van der Waals surface area contributed by atoms with Crippen LogP contribution in [0.2, 0.25) is 5.02 Å². The highest BCUT2D eigenvalue weighted by molar-refractivity contribution is 6.30. The van der Waals surface area contributed by atoms with E-state index in [1.165, 1.54) is 0 Å². The van der Waals surface area contributed by atoms with Crippen molar-refractivity contribution in [2.75, 3.05) is 20.8 Å². The van der Waals surface area contributed by atoms with Crippen LogP contribution in [0.25, 0.3) is 6.08 Å². The number of halogens is 1. The number of carbonyl (C=O) groups excluding carboxylic acids is 1. The van der Waals surface area contributed by atoms with E-state index in [-0.39, 0.29) is 12.5 Å². The van der Waals surface area contributed by atoms with Gasteiger partial charge in [-0.3, -0.25) is 4.79 Å². The van der Waals surface area contributed by atoms with Crippen molar-refractivity contribution < 1.29 is 19.0 Å². The van der Waals surface area contributed by atoms with E-state index in [4.69, 9.17) is 25.8 Å². The van der Waals surface area contributed by atoms with Crippen LogP contribution in [0.5, 0.6) is 17.2 Å². The van der Waals surface area contributed by atoms with Crippen LogP contribution in [0.3, 0.4) is 0 Å². The van der Waals surface area contributed by atoms with E-state index in [0.29, 0.717) is 28.6 Å². The lowest BCUT2D eigenvalue weighted by Crippen LogP contribution is -2.28. The number of rotatable bonds is 5. The molecule has 0 fully saturated rings. The van der Waals surface area contributed by atoms with Gasteiger partial charge in [0.15, 0.2) is 11.5 Å². The quantitative estimate of drug-likeness (QED) is 0.888. The van der Waals surface area contributed by atoms with Crippen LogP contribution >= 0.6 is 11.6 Å². The number of benzene rings is 2. The topological polar surface area (TPSA) is 56.8 Å². The fourth-order valence-corrected chi connectivity index (χ4v) is 2.75. The first-order valence-electron chi connectivity index (χ1n) is 7.72. The summed E-state index contributed by atoms with van der Waals surface area (Å²) < 4.78 is 16.1. The summed E-state index contributed by atoms with van der Waals surface area (Å²) in [5, 5.41) is 3.49. The van der Waals surface area contributed by atoms with Crippen molar-refractivity contribution >= 4 is 23.6 Å². The number of amides is 1. The Balaban J connectivity index is 1.69. The molecule has 0 aromatic heterocycles. The normalized spacial score (nSPS) is 12.5. The Labute approximate surface area is 151 Å². The molecule has 25 heavy (non-hydrogen) atoms. The van der Waals surface area contributed by atoms with Gasteiger partial charge in [0.25, 0.3) is 5.91 Å². The van der Waals surface area contributed by atoms with Crippen molar-refractivity contribution in [1.29, 1.82) is 0 Å². The van der Waals surface area contributed by atoms with E-state index in [2.05, 4.69) is 5.32 Å². The van der Waals surface area contributed by atoms with Gasteiger partial charge in [0, 0.05) is 17.1 Å². The average Bonchev–Trinajstić information content (AvgIpc) is 2.65. The highest BCUT2D eigenvalue weighted by atomic mass is 35.5. The molecule has 0 saturated heterocycles. The number of methoxy groups -OCH3 is 2. The summed E-state index contributed by atoms with van der Waals surface area (Å²) in [4.78, 5) is 12.4. The molecule has 0 atom stereocenters. The third-order valence-corrected chi connectivity index (χ3v) is 4.11. The molecule has 6 heteroatoms. The number of fused-ring (bicyclic) bond motifs is 1. The van der Waals surface area contributed by atoms with Gasteiger partial charge in [-0.1, -0.05) is 17.7 Å². The molecule has 2 aromatic carbocycles. The molecule has 0 unspecified atom stereocenters. The maximum atomic E-state index is 12.4. The van der Waals surface area contributed by atoms with E-state index < -0.39 is 0 Å². The zero-order chi connectivity index (χ0) is 17.8. The fourth-order valence-electron chi connectivity index (χ4n) is 2.57. The summed E-state index contributed by atoms with van der Waals surface area (Å²) in [6.07, 6.45) is 1.80. The molecule has 2 aromatic rings. The van der Waals surface area contributed by atoms with Gasteiger partial charge in [-0.05, 0) is 42.0 Å². The van der Waals surface area contributed by atoms with Gasteiger partial charge in [-0.25, -0.2) is 0 Å². The molecule has 0 bridgehead atoms. The van der Waals surface area contributed by atoms with Crippen molar-refractivity contribution in [3.63, 3.8) is 0 Å². The van der Waals surface area contributed by atoms with Crippen LogP contribution in [-0.4, -0.2) is 26.7 Å². The van der Waals surface area contributed by atoms with E-state index in [1.54, 1.807) is 38.5 Å². The van der Waals surface area contributed by atoms with Gasteiger partial charge in [0.2, 0.25) is 0 Å². The highest BCUT2D eigenvalue weighted by Crippen LogP contribution is 2.29. The molecule has 1 aliphatic rings. The minimum Gasteiger partial charge on any atom is -0.493 e. The fraction of sp³-hybridized carbons (Fsp3) is 0.211. The van der Waals surface area contributed by atoms with Crippen LogP contribution in [0.4, 0.5) is 0 Å². The average molecular weight is 360 g/mol. The largest absolute Gasteiger partial charge is 0.493 e. The first-order chi connectivity index (χ1) is 12.1. The molecule has 0 saturated carbocycles. The Kier molecular flexibility index (Phi) is 5.14. The monoisotopic (exact) mass is 359 g/mol. The Hall–Kier alpha value is -2.66. The molecular formula is C19H18ClNO4. The Morgan fingerprint density at radius 1 is 1.16 bits per heavy atom. The van der Waals surface area contributed by atoms with Crippen molar-refractivity contribution in [2.24, 2.45) is 0 Å². The van der Waals surface area contributed by atoms with Gasteiger partial charge < -0.3 is 19.5 Å². The smallest absolute Gasteiger partial charge is 0.250 e. The van der Waals surface area contributed by atoms with E-state index in [9.17, 15) is 4.79 Å². The molecule has 3 rings (SSSR count). The SMILES string of the molecule is COc1ccc(CNC(=O)C2=Cc3cc(Cl)ccc3OC2)cc1OC. The van der Waals surface area contributed by atoms with Crippen LogP contribution in [0.15, 0.2) is 42.0 Å². The summed E-state index contributed by atoms with van der Waals surface area (Å²) in [6, 6.07) is 10.9. The second kappa shape index (κ2) is 7.49. The molecule has 1 aliphatic heterocycles. The predicted molar refractivity (Wildman–Crippen MR) is 96.3 cm³/mol. The van der Waals surface area contributed by atoms with Gasteiger partial charge in [-0.15, -0.1) is 0 Å². The van der Waals surface area contributed by atoms with Gasteiger partial charge in [-0.2, -0.15) is 0 Å². The molecule has 0 spiro atoms. The van der Waals surface area contributed by atoms with E-state index >= 15 is 0 Å². The summed E-state index contributed by atoms with van der Waals surface area (Å²) in [6.45, 7) is 0.603. The maximum Gasteiger partial charge on any atom is 0.250 e. The van der Waals surface area contributed by atoms with Crippen molar-refractivity contribution in [2.45, 2.75) is 6.54 Å². The second-order valence-electron chi connectivity index (χ2n) is 5.51. The zero-order valence-corrected chi connectivity index (χ0v) is 14.7. The van der Waals surface area contributed by atoms with Crippen LogP contribution in [0, 0.1) is 0 Å². The molecule has 0 radical (unpaired) electrons. The lowest BCUT2D eigenvalue weighted by atomic mass is 10.1. The molecule has 1 amide bonds. The maximum absolute atomic E-state index is 12.4. The minimum absolute atomic E-state index is 0.180. The highest BCUT2D eigenvalue weighted by Gasteiger charge is 2.17. The molecule has 1 heterocycles. The lowest BCUT2D eigenvalue weighted by Gasteiger charge is -2.18. The Morgan fingerprint density at radius 3 is 2.72 bits per heavy atom. The zero-order valence-electron chi connectivity index (χ0n) is 14.0. The molecular weight excluding hydrogens is 342 g/mol. The number of ether oxygens (including phenoxy) is 3. The summed E-state index contributed by atoms with van der Waals surface area (Å²) in [5.41, 5.74) is 2.26. The van der Waals surface area contributed by atoms with Crippen molar-refractivity contribution in [1.82, 2.24) is 5.32 Å². The lowest BCUT2D eigenvalue weighted by molar-refractivity contribution is -0.117. The standard InChI is InChI=1S/C19H18ClNO4/c1-23-17-5-3-12(7-18(17)24-2)10-21-19(22)14-8-13-9-15(20)4-6-16(13)25-11-14/h3-9H,10-11H2,1-2H3,(H,21,22). The van der Waals surface area contributed by atoms with Crippen molar-refractivity contribution in [3.8, 4) is 17.2 Å². The van der Waals surface area contributed by atoms with E-state index in [0.717, 1.165) is 16.9 Å². The predicted octanol–water partition coefficient (Wildman–Crippen LogP) is 3.45. The molecule has 5 nitrogen and oxygen atoms in total. The first kappa shape index (κ1) is 17.2. The first-order valence-corrected chi connectivity index (χ1v) is 8.10. The third-order valence-electron chi connectivity index (χ3n) is 3.88. The number of hydrogen-bond acceptors (Lipinski definition) is 4. The number of nitrogens with one attached hydrogen (secondary N) is 1.